The van der Waals surface area contributed by atoms with Crippen LogP contribution in [0.5, 0.6) is 0 Å². The maximum absolute atomic E-state index is 3.57. The van der Waals surface area contributed by atoms with Crippen molar-refractivity contribution in [2.75, 3.05) is 6.54 Å². The molecular weight excluding hydrogens is 258 g/mol. The largest absolute Gasteiger partial charge is 0.301 e. The van der Waals surface area contributed by atoms with Crippen molar-refractivity contribution in [2.45, 2.75) is 24.5 Å². The smallest absolute Gasteiger partial charge is 0.0793 e. The van der Waals surface area contributed by atoms with Gasteiger partial charge in [-0.2, -0.15) is 0 Å². The summed E-state index contributed by atoms with van der Waals surface area (Å²) in [5, 5.41) is 4.71. The van der Waals surface area contributed by atoms with Crippen LogP contribution < -0.4 is 5.32 Å². The first-order valence-corrected chi connectivity index (χ1v) is 6.55. The Bertz CT molecular complexity index is 340. The van der Waals surface area contributed by atoms with Gasteiger partial charge in [0, 0.05) is 16.3 Å². The zero-order chi connectivity index (χ0) is 10.1. The minimum atomic E-state index is 0.474. The van der Waals surface area contributed by atoms with E-state index in [-0.39, 0.29) is 0 Å². The van der Waals surface area contributed by atoms with E-state index in [4.69, 9.17) is 0 Å². The van der Waals surface area contributed by atoms with Gasteiger partial charge in [0.05, 0.1) is 5.37 Å². The standard InChI is InChI=1S/C11H14BrNS/c1-7-3-4-9(5-10(7)12)11-13-6-8(2)14-11/h3-5,8,11,13H,6H2,1-2H3. The molecule has 0 spiro atoms. The Balaban J connectivity index is 2.20. The molecule has 1 aromatic carbocycles. The molecule has 1 nitrogen and oxygen atoms in total. The molecular formula is C11H14BrNS. The van der Waals surface area contributed by atoms with Crippen LogP contribution in [0.3, 0.4) is 0 Å². The van der Waals surface area contributed by atoms with Gasteiger partial charge in [0.1, 0.15) is 0 Å². The van der Waals surface area contributed by atoms with E-state index in [0.29, 0.717) is 5.37 Å². The summed E-state index contributed by atoms with van der Waals surface area (Å²) in [4.78, 5) is 0. The molecule has 0 bridgehead atoms. The van der Waals surface area contributed by atoms with Gasteiger partial charge in [-0.15, -0.1) is 11.8 Å². The Morgan fingerprint density at radius 2 is 2.29 bits per heavy atom. The number of nitrogens with one attached hydrogen (secondary N) is 1. The van der Waals surface area contributed by atoms with Gasteiger partial charge in [0.25, 0.3) is 0 Å². The first-order chi connectivity index (χ1) is 6.66. The highest BCUT2D eigenvalue weighted by Gasteiger charge is 2.22. The minimum absolute atomic E-state index is 0.474. The monoisotopic (exact) mass is 271 g/mol. The zero-order valence-corrected chi connectivity index (χ0v) is 10.8. The van der Waals surface area contributed by atoms with Crippen molar-refractivity contribution in [2.24, 2.45) is 0 Å². The van der Waals surface area contributed by atoms with E-state index in [1.54, 1.807) is 0 Å². The van der Waals surface area contributed by atoms with Gasteiger partial charge in [0.2, 0.25) is 0 Å². The lowest BCUT2D eigenvalue weighted by Crippen LogP contribution is -2.13. The summed E-state index contributed by atoms with van der Waals surface area (Å²) in [6.45, 7) is 5.49. The quantitative estimate of drug-likeness (QED) is 0.840. The van der Waals surface area contributed by atoms with Crippen molar-refractivity contribution < 1.29 is 0 Å². The van der Waals surface area contributed by atoms with Gasteiger partial charge >= 0.3 is 0 Å². The van der Waals surface area contributed by atoms with Gasteiger partial charge in [-0.05, 0) is 24.1 Å². The highest BCUT2D eigenvalue weighted by Crippen LogP contribution is 2.35. The second-order valence-electron chi connectivity index (χ2n) is 3.74. The Hall–Kier alpha value is 0.01000. The van der Waals surface area contributed by atoms with Gasteiger partial charge in [-0.1, -0.05) is 35.0 Å². The van der Waals surface area contributed by atoms with E-state index in [2.05, 4.69) is 53.3 Å². The Morgan fingerprint density at radius 3 is 2.86 bits per heavy atom. The van der Waals surface area contributed by atoms with E-state index >= 15 is 0 Å². The molecule has 14 heavy (non-hydrogen) atoms. The van der Waals surface area contributed by atoms with Gasteiger partial charge in [-0.3, -0.25) is 0 Å². The van der Waals surface area contributed by atoms with E-state index in [9.17, 15) is 0 Å². The average Bonchev–Trinajstić information content (AvgIpc) is 2.57. The molecule has 0 saturated carbocycles. The highest BCUT2D eigenvalue weighted by molar-refractivity contribution is 9.10. The number of hydrogen-bond donors (Lipinski definition) is 1. The van der Waals surface area contributed by atoms with Crippen LogP contribution in [0, 0.1) is 6.92 Å². The van der Waals surface area contributed by atoms with Crippen LogP contribution in [-0.2, 0) is 0 Å². The van der Waals surface area contributed by atoms with Crippen molar-refractivity contribution in [3.63, 3.8) is 0 Å². The van der Waals surface area contributed by atoms with Gasteiger partial charge < -0.3 is 5.32 Å². The molecule has 1 N–H and O–H groups in total. The van der Waals surface area contributed by atoms with Crippen molar-refractivity contribution >= 4 is 27.7 Å². The van der Waals surface area contributed by atoms with Gasteiger partial charge in [0.15, 0.2) is 0 Å². The molecule has 1 heterocycles. The van der Waals surface area contributed by atoms with Crippen molar-refractivity contribution in [1.29, 1.82) is 0 Å². The lowest BCUT2D eigenvalue weighted by Gasteiger charge is -2.11. The van der Waals surface area contributed by atoms with Crippen LogP contribution in [0.1, 0.15) is 23.4 Å². The summed E-state index contributed by atoms with van der Waals surface area (Å²) in [7, 11) is 0. The summed E-state index contributed by atoms with van der Waals surface area (Å²) in [5.74, 6) is 0. The molecule has 1 fully saturated rings. The Labute approximate surface area is 97.8 Å². The number of halogens is 1. The van der Waals surface area contributed by atoms with Crippen molar-refractivity contribution in [1.82, 2.24) is 5.32 Å². The molecule has 2 rings (SSSR count). The molecule has 0 radical (unpaired) electrons. The van der Waals surface area contributed by atoms with Gasteiger partial charge in [-0.25, -0.2) is 0 Å². The summed E-state index contributed by atoms with van der Waals surface area (Å²) in [6.07, 6.45) is 0. The fraction of sp³-hybridized carbons (Fsp3) is 0.455. The van der Waals surface area contributed by atoms with Crippen LogP contribution in [0.15, 0.2) is 22.7 Å². The predicted molar refractivity (Wildman–Crippen MR) is 66.7 cm³/mol. The summed E-state index contributed by atoms with van der Waals surface area (Å²) >= 11 is 5.57. The third-order valence-corrected chi connectivity index (χ3v) is 4.65. The fourth-order valence-corrected chi connectivity index (χ4v) is 3.12. The SMILES string of the molecule is Cc1ccc(C2NCC(C)S2)cc1Br. The molecule has 0 aromatic heterocycles. The number of rotatable bonds is 1. The molecule has 0 aliphatic carbocycles. The van der Waals surface area contributed by atoms with E-state index in [1.165, 1.54) is 15.6 Å². The highest BCUT2D eigenvalue weighted by atomic mass is 79.9. The minimum Gasteiger partial charge on any atom is -0.301 e. The van der Waals surface area contributed by atoms with Crippen molar-refractivity contribution in [3.8, 4) is 0 Å². The van der Waals surface area contributed by atoms with Crippen LogP contribution >= 0.6 is 27.7 Å². The van der Waals surface area contributed by atoms with Crippen molar-refractivity contribution in [3.05, 3.63) is 33.8 Å². The maximum Gasteiger partial charge on any atom is 0.0793 e. The lowest BCUT2D eigenvalue weighted by molar-refractivity contribution is 0.717. The molecule has 1 saturated heterocycles. The second kappa shape index (κ2) is 4.25. The van der Waals surface area contributed by atoms with E-state index < -0.39 is 0 Å². The second-order valence-corrected chi connectivity index (χ2v) is 6.15. The first kappa shape index (κ1) is 10.5. The molecule has 2 atom stereocenters. The molecule has 1 aliphatic rings. The maximum atomic E-state index is 3.57. The van der Waals surface area contributed by atoms with E-state index in [1.807, 2.05) is 11.8 Å². The molecule has 76 valence electrons. The first-order valence-electron chi connectivity index (χ1n) is 4.81. The molecule has 3 heteroatoms. The average molecular weight is 272 g/mol. The third kappa shape index (κ3) is 2.15. The normalized spacial score (nSPS) is 26.8. The van der Waals surface area contributed by atoms with Crippen LogP contribution in [0.4, 0.5) is 0 Å². The fourth-order valence-electron chi connectivity index (χ4n) is 1.57. The number of hydrogen-bond acceptors (Lipinski definition) is 2. The van der Waals surface area contributed by atoms with E-state index in [0.717, 1.165) is 11.8 Å². The topological polar surface area (TPSA) is 12.0 Å². The van der Waals surface area contributed by atoms with Crippen LogP contribution in [-0.4, -0.2) is 11.8 Å². The lowest BCUT2D eigenvalue weighted by atomic mass is 10.1. The summed E-state index contributed by atoms with van der Waals surface area (Å²) < 4.78 is 1.21. The zero-order valence-electron chi connectivity index (χ0n) is 8.38. The molecule has 1 aliphatic heterocycles. The molecule has 2 unspecified atom stereocenters. The van der Waals surface area contributed by atoms with Crippen LogP contribution in [0.25, 0.3) is 0 Å². The number of thioether (sulfide) groups is 1. The molecule has 0 amide bonds. The summed E-state index contributed by atoms with van der Waals surface area (Å²) in [5.41, 5.74) is 2.67. The number of benzene rings is 1. The Kier molecular flexibility index (Phi) is 3.20. The predicted octanol–water partition coefficient (Wildman–Crippen LogP) is 3.48. The van der Waals surface area contributed by atoms with Crippen LogP contribution in [0.2, 0.25) is 0 Å². The summed E-state index contributed by atoms with van der Waals surface area (Å²) in [6, 6.07) is 6.60. The number of aryl methyl sites for hydroxylation is 1. The third-order valence-electron chi connectivity index (χ3n) is 2.46. The Morgan fingerprint density at radius 1 is 1.50 bits per heavy atom. The molecule has 1 aromatic rings.